The van der Waals surface area contributed by atoms with Crippen LogP contribution in [0.2, 0.25) is 0 Å². The number of β-amino-alcohol motifs (C(OH)–C–C–N with tert-alkyl or cyclic N) is 2. The third-order valence-electron chi connectivity index (χ3n) is 10.5. The number of halogens is 8. The summed E-state index contributed by atoms with van der Waals surface area (Å²) < 4.78 is 107. The molecule has 2 heterocycles. The first-order valence-corrected chi connectivity index (χ1v) is 18.8. The lowest BCUT2D eigenvalue weighted by molar-refractivity contribution is -0.137. The van der Waals surface area contributed by atoms with E-state index in [9.17, 15) is 54.9 Å². The van der Waals surface area contributed by atoms with Gasteiger partial charge in [0.1, 0.15) is 22.8 Å². The summed E-state index contributed by atoms with van der Waals surface area (Å²) in [7, 11) is 0. The third-order valence-corrected chi connectivity index (χ3v) is 10.5. The molecule has 0 saturated carbocycles. The predicted molar refractivity (Wildman–Crippen MR) is 208 cm³/mol. The molecule has 4 aromatic rings. The summed E-state index contributed by atoms with van der Waals surface area (Å²) in [5, 5.41) is 21.5. The van der Waals surface area contributed by atoms with Crippen molar-refractivity contribution in [3.8, 4) is 0 Å². The van der Waals surface area contributed by atoms with Crippen molar-refractivity contribution >= 4 is 34.3 Å². The maximum absolute atomic E-state index is 14.1. The molecule has 0 radical (unpaired) electrons. The number of anilines is 2. The summed E-state index contributed by atoms with van der Waals surface area (Å²) in [6, 6.07) is 15.2. The predicted octanol–water partition coefficient (Wildman–Crippen LogP) is 9.42. The lowest BCUT2D eigenvalue weighted by Crippen LogP contribution is -2.49. The van der Waals surface area contributed by atoms with Crippen molar-refractivity contribution in [2.75, 3.05) is 36.0 Å². The Hall–Kier alpha value is -5.84. The van der Waals surface area contributed by atoms with Crippen LogP contribution in [0.25, 0.3) is 9.69 Å². The molecule has 0 aromatic heterocycles. The van der Waals surface area contributed by atoms with E-state index in [1.54, 1.807) is 28.0 Å². The van der Waals surface area contributed by atoms with Crippen molar-refractivity contribution in [2.45, 2.75) is 75.9 Å². The zero-order valence-corrected chi connectivity index (χ0v) is 32.5. The Kier molecular flexibility index (Phi) is 13.4. The number of alkyl halides is 6. The second-order valence-electron chi connectivity index (χ2n) is 15.2. The van der Waals surface area contributed by atoms with E-state index in [0.29, 0.717) is 42.9 Å². The van der Waals surface area contributed by atoms with Gasteiger partial charge in [-0.05, 0) is 80.5 Å². The van der Waals surface area contributed by atoms with E-state index < -0.39 is 76.3 Å². The fourth-order valence-electron chi connectivity index (χ4n) is 7.32. The standard InChI is InChI=1S/2C22H20F4N2O2/c1-21(30,13-28-10-4-5-15-17(23)6-3-7-19(15)28)20(29)12-14-8-9-18(27-2)16(11-14)22(24,25)26;1-21(30,13-28-9-3-4-15-6-7-16(23)12-19(15)28)20(29)11-14-5-8-18(27-2)17(10-14)22(24,25)26/h3,6-9,11,30H,4-5,10,12-13H2,1H3;5-8,10,12,30H,3-4,9,11,13H2,1H3/t2*21-/m00/s1. The molecule has 0 unspecified atom stereocenters. The Morgan fingerprint density at radius 1 is 0.667 bits per heavy atom. The minimum absolute atomic E-state index is 0.0603. The Bertz CT molecular complexity index is 2240. The monoisotopic (exact) mass is 840 g/mol. The number of nitrogens with zero attached hydrogens (tertiary/aromatic N) is 4. The second kappa shape index (κ2) is 17.8. The first kappa shape index (κ1) is 45.2. The molecule has 60 heavy (non-hydrogen) atoms. The highest BCUT2D eigenvalue weighted by Crippen LogP contribution is 2.39. The zero-order valence-electron chi connectivity index (χ0n) is 32.5. The lowest BCUT2D eigenvalue weighted by Gasteiger charge is -2.36. The first-order chi connectivity index (χ1) is 28.0. The molecular formula is C44H40F8N4O4. The van der Waals surface area contributed by atoms with Gasteiger partial charge in [0.05, 0.1) is 37.4 Å². The highest BCUT2D eigenvalue weighted by Gasteiger charge is 2.38. The van der Waals surface area contributed by atoms with Crippen LogP contribution in [0.1, 0.15) is 60.1 Å². The van der Waals surface area contributed by atoms with Gasteiger partial charge in [-0.25, -0.2) is 18.5 Å². The van der Waals surface area contributed by atoms with Gasteiger partial charge in [-0.15, -0.1) is 0 Å². The topological polar surface area (TPSA) is 89.8 Å². The smallest absolute Gasteiger partial charge is 0.380 e. The number of ketones is 2. The number of aliphatic hydroxyl groups is 2. The Labute approximate surface area is 341 Å². The number of aryl methyl sites for hydroxylation is 1. The Balaban J connectivity index is 0.000000228. The van der Waals surface area contributed by atoms with Crippen LogP contribution in [0.3, 0.4) is 0 Å². The molecule has 2 aliphatic rings. The van der Waals surface area contributed by atoms with Crippen LogP contribution in [-0.2, 0) is 47.6 Å². The zero-order chi connectivity index (χ0) is 44.2. The van der Waals surface area contributed by atoms with Crippen LogP contribution in [0.5, 0.6) is 0 Å². The van der Waals surface area contributed by atoms with Crippen molar-refractivity contribution in [2.24, 2.45) is 0 Å². The van der Waals surface area contributed by atoms with Crippen molar-refractivity contribution in [3.05, 3.63) is 141 Å². The summed E-state index contributed by atoms with van der Waals surface area (Å²) in [5.74, 6) is -2.08. The van der Waals surface area contributed by atoms with Gasteiger partial charge in [0.15, 0.2) is 22.9 Å². The SMILES string of the molecule is [C-]#[N+]c1ccc(CC(=O)[C@@](C)(O)CN2CCCc3c(F)cccc32)cc1C(F)(F)F.[C-]#[N+]c1ccc(CC(=O)[C@@](C)(O)CN2CCCc3ccc(F)cc32)cc1C(F)(F)F. The minimum Gasteiger partial charge on any atom is -0.380 e. The van der Waals surface area contributed by atoms with Crippen molar-refractivity contribution in [3.63, 3.8) is 0 Å². The molecule has 4 aromatic carbocycles. The molecule has 316 valence electrons. The number of hydrogen-bond donors (Lipinski definition) is 2. The third kappa shape index (κ3) is 10.7. The molecule has 0 aliphatic carbocycles. The highest BCUT2D eigenvalue weighted by molar-refractivity contribution is 5.90. The molecule has 0 saturated heterocycles. The largest absolute Gasteiger partial charge is 0.407 e. The fraction of sp³-hybridized carbons (Fsp3) is 0.364. The van der Waals surface area contributed by atoms with E-state index in [2.05, 4.69) is 9.69 Å². The highest BCUT2D eigenvalue weighted by atomic mass is 19.4. The molecule has 6 rings (SSSR count). The van der Waals surface area contributed by atoms with Crippen LogP contribution in [0.15, 0.2) is 72.8 Å². The molecule has 16 heteroatoms. The summed E-state index contributed by atoms with van der Waals surface area (Å²) in [5.41, 5.74) is -4.23. The molecule has 2 aliphatic heterocycles. The quantitative estimate of drug-likeness (QED) is 0.122. The van der Waals surface area contributed by atoms with E-state index in [1.807, 2.05) is 0 Å². The maximum atomic E-state index is 14.1. The Morgan fingerprint density at radius 3 is 1.63 bits per heavy atom. The summed E-state index contributed by atoms with van der Waals surface area (Å²) in [4.78, 5) is 34.6. The van der Waals surface area contributed by atoms with Gasteiger partial charge in [-0.3, -0.25) is 9.59 Å². The number of Topliss-reactive ketones (excluding diaryl/α,β-unsaturated/α-hetero) is 2. The minimum atomic E-state index is -4.72. The molecule has 2 N–H and O–H groups in total. The van der Waals surface area contributed by atoms with Crippen LogP contribution >= 0.6 is 0 Å². The van der Waals surface area contributed by atoms with Crippen LogP contribution < -0.4 is 9.80 Å². The molecule has 0 bridgehead atoms. The molecule has 8 nitrogen and oxygen atoms in total. The van der Waals surface area contributed by atoms with Crippen molar-refractivity contribution in [1.29, 1.82) is 0 Å². The second-order valence-corrected chi connectivity index (χ2v) is 15.2. The summed E-state index contributed by atoms with van der Waals surface area (Å²) >= 11 is 0. The summed E-state index contributed by atoms with van der Waals surface area (Å²) in [6.07, 6.45) is -7.53. The molecule has 0 fully saturated rings. The van der Waals surface area contributed by atoms with Gasteiger partial charge in [0.25, 0.3) is 0 Å². The van der Waals surface area contributed by atoms with E-state index in [1.165, 1.54) is 44.2 Å². The van der Waals surface area contributed by atoms with Crippen molar-refractivity contribution < 1.29 is 54.9 Å². The van der Waals surface area contributed by atoms with E-state index in [-0.39, 0.29) is 30.0 Å². The first-order valence-electron chi connectivity index (χ1n) is 18.8. The number of fused-ring (bicyclic) bond motifs is 2. The van der Waals surface area contributed by atoms with Gasteiger partial charge in [-0.2, -0.15) is 26.3 Å². The van der Waals surface area contributed by atoms with Gasteiger partial charge >= 0.3 is 12.4 Å². The van der Waals surface area contributed by atoms with Crippen LogP contribution in [0.4, 0.5) is 57.9 Å². The molecular weight excluding hydrogens is 800 g/mol. The maximum Gasteiger partial charge on any atom is 0.407 e. The number of rotatable bonds is 10. The van der Waals surface area contributed by atoms with Gasteiger partial charge < -0.3 is 20.0 Å². The number of hydrogen-bond acceptors (Lipinski definition) is 6. The molecule has 0 spiro atoms. The van der Waals surface area contributed by atoms with Gasteiger partial charge in [0, 0.05) is 42.9 Å². The normalized spacial score (nSPS) is 15.8. The van der Waals surface area contributed by atoms with E-state index >= 15 is 0 Å². The van der Waals surface area contributed by atoms with Crippen molar-refractivity contribution in [1.82, 2.24) is 0 Å². The van der Waals surface area contributed by atoms with Crippen LogP contribution in [0, 0.1) is 24.8 Å². The average molecular weight is 841 g/mol. The lowest BCUT2D eigenvalue weighted by atomic mass is 9.92. The van der Waals surface area contributed by atoms with E-state index in [0.717, 1.165) is 42.7 Å². The van der Waals surface area contributed by atoms with E-state index in [4.69, 9.17) is 13.1 Å². The molecule has 0 amide bonds. The van der Waals surface area contributed by atoms with Gasteiger partial charge in [-0.1, -0.05) is 48.5 Å². The number of benzene rings is 4. The fourth-order valence-corrected chi connectivity index (χ4v) is 7.32. The number of carbonyl (C=O) groups excluding carboxylic acids is 2. The summed E-state index contributed by atoms with van der Waals surface area (Å²) in [6.45, 7) is 17.2. The molecule has 2 atom stereocenters. The number of carbonyl (C=O) groups is 2. The van der Waals surface area contributed by atoms with Crippen LogP contribution in [-0.4, -0.2) is 59.2 Å². The van der Waals surface area contributed by atoms with Gasteiger partial charge in [0.2, 0.25) is 0 Å². The average Bonchev–Trinajstić information content (AvgIpc) is 3.18. The Morgan fingerprint density at radius 2 is 1.15 bits per heavy atom.